The number of aliphatic carboxylic acids is 1. The zero-order chi connectivity index (χ0) is 55.2. The molecule has 3 aromatic heterocycles. The fourth-order valence-electron chi connectivity index (χ4n) is 8.69. The van der Waals surface area contributed by atoms with Crippen molar-refractivity contribution in [1.29, 1.82) is 0 Å². The van der Waals surface area contributed by atoms with E-state index in [0.717, 1.165) is 122 Å². The van der Waals surface area contributed by atoms with Gasteiger partial charge in [0.05, 0.1) is 51.3 Å². The number of furan rings is 3. The Morgan fingerprint density at radius 2 is 1.12 bits per heavy atom. The quantitative estimate of drug-likeness (QED) is 0.0511. The topological polar surface area (TPSA) is 243 Å². The normalized spacial score (nSPS) is 17.5. The number of rotatable bonds is 18. The van der Waals surface area contributed by atoms with E-state index in [2.05, 4.69) is 39.0 Å². The van der Waals surface area contributed by atoms with Gasteiger partial charge in [-0.25, -0.2) is 14.4 Å². The maximum Gasteiger partial charge on any atom is 0.407 e. The lowest BCUT2D eigenvalue weighted by Crippen LogP contribution is -2.41. The molecule has 3 aliphatic rings. The van der Waals surface area contributed by atoms with Crippen LogP contribution in [0.3, 0.4) is 0 Å². The molecule has 9 rings (SSSR count). The van der Waals surface area contributed by atoms with Gasteiger partial charge in [-0.2, -0.15) is 0 Å². The van der Waals surface area contributed by atoms with E-state index in [0.29, 0.717) is 38.8 Å². The Morgan fingerprint density at radius 1 is 0.623 bits per heavy atom. The summed E-state index contributed by atoms with van der Waals surface area (Å²) in [6.07, 6.45) is 9.48. The van der Waals surface area contributed by atoms with Crippen molar-refractivity contribution >= 4 is 57.0 Å². The Labute approximate surface area is 451 Å². The summed E-state index contributed by atoms with van der Waals surface area (Å²) in [7, 11) is 0. The average Bonchev–Trinajstić information content (AvgIpc) is 4.24. The third-order valence-electron chi connectivity index (χ3n) is 12.5. The van der Waals surface area contributed by atoms with Gasteiger partial charge in [0.1, 0.15) is 41.2 Å². The van der Waals surface area contributed by atoms with Gasteiger partial charge in [-0.05, 0) is 164 Å². The number of fused-ring (bicyclic) bond motifs is 3. The third kappa shape index (κ3) is 22.2. The molecule has 19 nitrogen and oxygen atoms in total. The molecule has 6 aromatic rings. The summed E-state index contributed by atoms with van der Waals surface area (Å²) in [6.45, 7) is 19.3. The van der Waals surface area contributed by atoms with Crippen LogP contribution in [0.25, 0.3) is 32.9 Å². The summed E-state index contributed by atoms with van der Waals surface area (Å²) in [5.41, 5.74) is 11.1. The number of hydrogen-bond donors (Lipinski definition) is 5. The molecular weight excluding hydrogens is 989 g/mol. The van der Waals surface area contributed by atoms with Gasteiger partial charge in [0.2, 0.25) is 5.91 Å². The van der Waals surface area contributed by atoms with Gasteiger partial charge >= 0.3 is 18.2 Å². The first-order chi connectivity index (χ1) is 36.8. The van der Waals surface area contributed by atoms with Crippen molar-refractivity contribution in [2.45, 2.75) is 109 Å². The zero-order valence-corrected chi connectivity index (χ0v) is 45.6. The van der Waals surface area contributed by atoms with Crippen LogP contribution in [0.2, 0.25) is 0 Å². The molecule has 0 aliphatic carbocycles. The van der Waals surface area contributed by atoms with Crippen LogP contribution in [0, 0.1) is 0 Å². The summed E-state index contributed by atoms with van der Waals surface area (Å²) >= 11 is 0. The molecule has 0 radical (unpaired) electrons. The average molecular weight is 1070 g/mol. The molecule has 6 heterocycles. The molecule has 0 spiro atoms. The first kappa shape index (κ1) is 59.8. The molecule has 3 aromatic carbocycles. The minimum atomic E-state index is -0.940. The van der Waals surface area contributed by atoms with Crippen LogP contribution in [-0.2, 0) is 52.5 Å². The summed E-state index contributed by atoms with van der Waals surface area (Å²) in [5, 5.41) is 20.5. The number of carbonyl (C=O) groups excluding carboxylic acids is 3. The standard InChI is InChI=1S/C21H28N2O5.C16H22N2O2.C12H12O4.C9H18N2O2/c1-21(2,3)28-20(25)22-17-6-9-23(13-17)19(24)14-26-10-7-15-4-5-18-16(12-15)8-11-27-18;17-15-3-6-18(12-15)7-10-19-8-4-13-1-2-16-14(11-13)5-9-20-16;13-12(14)8-15-5-3-9-1-2-11-10(7-9)4-6-16-11;1-9(2,3)13-8(12)11-7-4-5-10-6-7/h4-5,8,11-12,17H,6-7,9-10,13-14H2,1-3H3,(H,22,25);1-2,5,9,11,15H,3-4,6-8,10,12,17H2;1-2,4,6-7H,3,5,8H2,(H,13,14);7,10H,4-6H2,1-3H3,(H,11,12). The summed E-state index contributed by atoms with van der Waals surface area (Å²) in [4.78, 5) is 49.7. The number of likely N-dealkylation sites (tertiary alicyclic amines) is 2. The number of carboxylic acids is 1. The molecule has 0 saturated carbocycles. The highest BCUT2D eigenvalue weighted by molar-refractivity contribution is 5.80. The molecule has 19 heteroatoms. The van der Waals surface area contributed by atoms with Crippen molar-refractivity contribution in [3.63, 3.8) is 0 Å². The Bertz CT molecular complexity index is 2750. The maximum absolute atomic E-state index is 12.3. The third-order valence-corrected chi connectivity index (χ3v) is 12.5. The van der Waals surface area contributed by atoms with Gasteiger partial charge in [-0.1, -0.05) is 18.2 Å². The number of carbonyl (C=O) groups is 4. The molecule has 3 fully saturated rings. The Balaban J connectivity index is 0.000000173. The van der Waals surface area contributed by atoms with Crippen molar-refractivity contribution in [2.75, 3.05) is 85.5 Å². The second kappa shape index (κ2) is 29.9. The van der Waals surface area contributed by atoms with E-state index >= 15 is 0 Å². The van der Waals surface area contributed by atoms with Crippen molar-refractivity contribution in [3.05, 3.63) is 108 Å². The van der Waals surface area contributed by atoms with Crippen LogP contribution in [-0.4, -0.2) is 154 Å². The van der Waals surface area contributed by atoms with Gasteiger partial charge < -0.3 is 68.6 Å². The molecule has 0 bridgehead atoms. The summed E-state index contributed by atoms with van der Waals surface area (Å²) < 4.78 is 42.5. The minimum Gasteiger partial charge on any atom is -0.480 e. The molecule has 3 amide bonds. The van der Waals surface area contributed by atoms with Gasteiger partial charge in [0.25, 0.3) is 0 Å². The molecular formula is C58H80N6O13. The fraction of sp³-hybridized carbons (Fsp3) is 0.517. The second-order valence-corrected chi connectivity index (χ2v) is 21.4. The lowest BCUT2D eigenvalue weighted by atomic mass is 10.1. The smallest absolute Gasteiger partial charge is 0.407 e. The van der Waals surface area contributed by atoms with Crippen LogP contribution in [0.4, 0.5) is 9.59 Å². The number of alkyl carbamates (subject to hydrolysis) is 2. The highest BCUT2D eigenvalue weighted by Crippen LogP contribution is 2.20. The van der Waals surface area contributed by atoms with Crippen LogP contribution < -0.4 is 21.7 Å². The van der Waals surface area contributed by atoms with Crippen LogP contribution in [0.5, 0.6) is 0 Å². The lowest BCUT2D eigenvalue weighted by molar-refractivity contribution is -0.142. The molecule has 3 atom stereocenters. The van der Waals surface area contributed by atoms with Crippen molar-refractivity contribution in [2.24, 2.45) is 5.73 Å². The number of nitrogens with zero attached hydrogens (tertiary/aromatic N) is 2. The molecule has 77 heavy (non-hydrogen) atoms. The fourth-order valence-corrected chi connectivity index (χ4v) is 8.69. The van der Waals surface area contributed by atoms with Crippen molar-refractivity contribution in [1.82, 2.24) is 25.8 Å². The number of carboxylic acid groups (broad SMARTS) is 1. The van der Waals surface area contributed by atoms with Gasteiger partial charge in [-0.15, -0.1) is 0 Å². The predicted molar refractivity (Wildman–Crippen MR) is 294 cm³/mol. The second-order valence-electron chi connectivity index (χ2n) is 21.4. The predicted octanol–water partition coefficient (Wildman–Crippen LogP) is 8.09. The first-order valence-electron chi connectivity index (χ1n) is 26.6. The molecule has 3 saturated heterocycles. The number of ether oxygens (including phenoxy) is 5. The molecule has 420 valence electrons. The minimum absolute atomic E-state index is 0.0487. The summed E-state index contributed by atoms with van der Waals surface area (Å²) in [6, 6.07) is 24.5. The van der Waals surface area contributed by atoms with Crippen LogP contribution in [0.15, 0.2) is 105 Å². The molecule has 6 N–H and O–H groups in total. The monoisotopic (exact) mass is 1070 g/mol. The maximum atomic E-state index is 12.3. The van der Waals surface area contributed by atoms with E-state index in [1.54, 1.807) is 23.7 Å². The van der Waals surface area contributed by atoms with Crippen molar-refractivity contribution in [3.8, 4) is 0 Å². The summed E-state index contributed by atoms with van der Waals surface area (Å²) in [5.74, 6) is -0.996. The number of nitrogens with one attached hydrogen (secondary N) is 3. The number of nitrogens with two attached hydrogens (primary N) is 1. The van der Waals surface area contributed by atoms with E-state index in [9.17, 15) is 19.2 Å². The van der Waals surface area contributed by atoms with Gasteiger partial charge in [0, 0.05) is 61.0 Å². The number of hydrogen-bond acceptors (Lipinski definition) is 15. The highest BCUT2D eigenvalue weighted by atomic mass is 16.6. The first-order valence-corrected chi connectivity index (χ1v) is 26.6. The molecule has 3 aliphatic heterocycles. The Morgan fingerprint density at radius 3 is 1.57 bits per heavy atom. The van der Waals surface area contributed by atoms with E-state index in [1.165, 1.54) is 5.56 Å². The lowest BCUT2D eigenvalue weighted by Gasteiger charge is -2.22. The Hall–Kier alpha value is -6.48. The van der Waals surface area contributed by atoms with Gasteiger partial charge in [0.15, 0.2) is 0 Å². The van der Waals surface area contributed by atoms with E-state index in [-0.39, 0.29) is 37.3 Å². The van der Waals surface area contributed by atoms with E-state index in [4.69, 9.17) is 47.8 Å². The largest absolute Gasteiger partial charge is 0.480 e. The Kier molecular flexibility index (Phi) is 23.2. The number of amides is 3. The van der Waals surface area contributed by atoms with Crippen molar-refractivity contribution < 1.29 is 61.2 Å². The van der Waals surface area contributed by atoms with Gasteiger partial charge in [-0.3, -0.25) is 9.69 Å². The van der Waals surface area contributed by atoms with Crippen LogP contribution >= 0.6 is 0 Å². The van der Waals surface area contributed by atoms with E-state index in [1.807, 2.05) is 96.1 Å². The highest BCUT2D eigenvalue weighted by Gasteiger charge is 2.29. The zero-order valence-electron chi connectivity index (χ0n) is 45.6. The SMILES string of the molecule is CC(C)(C)OC(=O)NC1CCN(C(=O)COCCc2ccc3occc3c2)C1.CC(C)(C)OC(=O)NC1CCNC1.NC1CCN(CCOCCc2ccc3occc3c2)C1.O=C(O)COCCc1ccc2occc2c1. The molecule has 3 unspecified atom stereocenters. The van der Waals surface area contributed by atoms with E-state index < -0.39 is 23.3 Å². The van der Waals surface area contributed by atoms with Crippen LogP contribution in [0.1, 0.15) is 77.5 Å². The number of benzene rings is 3.